The van der Waals surface area contributed by atoms with Crippen LogP contribution < -0.4 is 5.14 Å². The number of hydrogen-bond acceptors (Lipinski definition) is 9. The number of aromatic nitrogens is 2. The van der Waals surface area contributed by atoms with Crippen molar-refractivity contribution in [2.45, 2.75) is 40.0 Å². The molecule has 4 aromatic rings. The summed E-state index contributed by atoms with van der Waals surface area (Å²) in [6, 6.07) is 13.1. The number of carbonyl (C=O) groups is 1. The van der Waals surface area contributed by atoms with Gasteiger partial charge in [0.1, 0.15) is 16.5 Å². The Balaban J connectivity index is 1.42. The molecule has 2 N–H and O–H groups in total. The van der Waals surface area contributed by atoms with Gasteiger partial charge in [0.15, 0.2) is 20.8 Å². The van der Waals surface area contributed by atoms with Gasteiger partial charge in [-0.3, -0.25) is 14.3 Å². The fourth-order valence-corrected chi connectivity index (χ4v) is 9.26. The second-order valence-electron chi connectivity index (χ2n) is 11.9. The molecule has 10 nitrogen and oxygen atoms in total. The Kier molecular flexibility index (Phi) is 11.5. The monoisotopic (exact) mass is 788 g/mol. The number of morpholine rings is 1. The van der Waals surface area contributed by atoms with Crippen molar-refractivity contribution in [3.63, 3.8) is 0 Å². The van der Waals surface area contributed by atoms with Gasteiger partial charge in [-0.1, -0.05) is 72.5 Å². The molecule has 1 aliphatic heterocycles. The number of nitrogens with two attached hydrogens (primary N) is 1. The van der Waals surface area contributed by atoms with Gasteiger partial charge >= 0.3 is 0 Å². The first-order valence-corrected chi connectivity index (χ1v) is 20.1. The fourth-order valence-electron chi connectivity index (χ4n) is 5.35. The number of sulfone groups is 1. The fraction of sp³-hybridized carbons (Fsp3) is 0.312. The Morgan fingerprint density at radius 3 is 2.33 bits per heavy atom. The molecule has 5 rings (SSSR count). The molecule has 0 atom stereocenters. The molecule has 0 bridgehead atoms. The molecule has 0 saturated carbocycles. The van der Waals surface area contributed by atoms with E-state index in [0.717, 1.165) is 0 Å². The highest BCUT2D eigenvalue weighted by Gasteiger charge is 2.31. The van der Waals surface area contributed by atoms with E-state index in [1.54, 1.807) is 29.0 Å². The first-order chi connectivity index (χ1) is 23.0. The summed E-state index contributed by atoms with van der Waals surface area (Å²) >= 11 is 20.4. The summed E-state index contributed by atoms with van der Waals surface area (Å²) in [5.41, 5.74) is 1.60. The zero-order chi connectivity index (χ0) is 35.7. The van der Waals surface area contributed by atoms with E-state index in [2.05, 4.69) is 4.98 Å². The van der Waals surface area contributed by atoms with Crippen molar-refractivity contribution in [2.75, 3.05) is 38.6 Å². The number of sulfonamides is 1. The van der Waals surface area contributed by atoms with Crippen molar-refractivity contribution in [1.82, 2.24) is 14.5 Å². The van der Waals surface area contributed by atoms with Crippen molar-refractivity contribution in [2.24, 2.45) is 5.14 Å². The molecular weight excluding hydrogens is 758 g/mol. The van der Waals surface area contributed by atoms with Crippen LogP contribution in [-0.4, -0.2) is 75.7 Å². The van der Waals surface area contributed by atoms with Gasteiger partial charge in [0.25, 0.3) is 0 Å². The lowest BCUT2D eigenvalue weighted by Gasteiger charge is -2.28. The van der Waals surface area contributed by atoms with Crippen molar-refractivity contribution in [3.05, 3.63) is 98.5 Å². The quantitative estimate of drug-likeness (QED) is 0.174. The number of nitrogens with zero attached hydrogens (tertiary/aromatic N) is 3. The number of ether oxygens (including phenoxy) is 1. The van der Waals surface area contributed by atoms with Gasteiger partial charge in [0.05, 0.1) is 46.6 Å². The van der Waals surface area contributed by atoms with E-state index in [0.29, 0.717) is 54.0 Å². The lowest BCUT2D eigenvalue weighted by atomic mass is 9.81. The molecule has 1 fully saturated rings. The van der Waals surface area contributed by atoms with Crippen LogP contribution in [0.15, 0.2) is 75.7 Å². The SMILES string of the molecule is CC(C)(c1ccc(S(N)(=O)=O)c(Cl)c1)c1cnc(SCc2ccc(S(=O)(=O)CC(=O)CN3CCOCC3)cc2Cl)n1-c1ccc(F)c(Cl)c1. The molecule has 49 heavy (non-hydrogen) atoms. The van der Waals surface area contributed by atoms with Crippen molar-refractivity contribution < 1.29 is 30.8 Å². The molecule has 17 heteroatoms. The minimum atomic E-state index is -4.04. The number of benzene rings is 3. The van der Waals surface area contributed by atoms with Crippen LogP contribution in [0.3, 0.4) is 0 Å². The number of Topliss-reactive ketones (excluding diaryl/α,β-unsaturated/α-hetero) is 1. The lowest BCUT2D eigenvalue weighted by molar-refractivity contribution is -0.118. The Labute approximate surface area is 303 Å². The predicted octanol–water partition coefficient (Wildman–Crippen LogP) is 5.91. The number of imidazole rings is 1. The number of carbonyl (C=O) groups excluding carboxylic acids is 1. The Morgan fingerprint density at radius 1 is 0.980 bits per heavy atom. The first-order valence-electron chi connectivity index (χ1n) is 14.8. The number of ketones is 1. The number of primary sulfonamides is 1. The van der Waals surface area contributed by atoms with Crippen LogP contribution in [0.25, 0.3) is 5.69 Å². The van der Waals surface area contributed by atoms with Crippen LogP contribution in [0.1, 0.15) is 30.7 Å². The number of rotatable bonds is 12. The smallest absolute Gasteiger partial charge is 0.239 e. The van der Waals surface area contributed by atoms with Gasteiger partial charge < -0.3 is 4.74 Å². The molecule has 1 aromatic heterocycles. The zero-order valence-corrected chi connectivity index (χ0v) is 31.0. The van der Waals surface area contributed by atoms with Crippen molar-refractivity contribution in [3.8, 4) is 5.69 Å². The van der Waals surface area contributed by atoms with Gasteiger partial charge in [0, 0.05) is 35.0 Å². The van der Waals surface area contributed by atoms with Crippen LogP contribution >= 0.6 is 46.6 Å². The molecule has 0 amide bonds. The molecule has 1 saturated heterocycles. The molecule has 0 unspecified atom stereocenters. The molecular formula is C32H32Cl3FN4O6S3. The third-order valence-corrected chi connectivity index (χ3v) is 12.8. The summed E-state index contributed by atoms with van der Waals surface area (Å²) < 4.78 is 71.3. The maximum Gasteiger partial charge on any atom is 0.239 e. The molecule has 0 radical (unpaired) electrons. The maximum absolute atomic E-state index is 14.2. The van der Waals surface area contributed by atoms with Crippen molar-refractivity contribution >= 4 is 72.2 Å². The third kappa shape index (κ3) is 8.68. The van der Waals surface area contributed by atoms with Crippen molar-refractivity contribution in [1.29, 1.82) is 0 Å². The van der Waals surface area contributed by atoms with E-state index in [9.17, 15) is 26.0 Å². The Bertz CT molecular complexity index is 2120. The zero-order valence-electron chi connectivity index (χ0n) is 26.3. The largest absolute Gasteiger partial charge is 0.379 e. The van der Waals surface area contributed by atoms with E-state index in [1.165, 1.54) is 48.2 Å². The summed E-state index contributed by atoms with van der Waals surface area (Å²) in [6.07, 6.45) is 1.65. The van der Waals surface area contributed by atoms with Crippen LogP contribution in [-0.2, 0) is 40.6 Å². The predicted molar refractivity (Wildman–Crippen MR) is 189 cm³/mol. The summed E-state index contributed by atoms with van der Waals surface area (Å²) in [7, 11) is -7.97. The van der Waals surface area contributed by atoms with Crippen LogP contribution in [0.2, 0.25) is 15.1 Å². The molecule has 1 aliphatic rings. The van der Waals surface area contributed by atoms with E-state index in [-0.39, 0.29) is 37.2 Å². The maximum atomic E-state index is 14.2. The van der Waals surface area contributed by atoms with Gasteiger partial charge in [-0.05, 0) is 53.6 Å². The molecule has 2 heterocycles. The third-order valence-electron chi connectivity index (χ3n) is 8.09. The lowest BCUT2D eigenvalue weighted by Crippen LogP contribution is -2.40. The van der Waals surface area contributed by atoms with Gasteiger partial charge in [-0.25, -0.2) is 31.3 Å². The average molecular weight is 790 g/mol. The second-order valence-corrected chi connectivity index (χ2v) is 17.6. The van der Waals surface area contributed by atoms with Crippen LogP contribution in [0, 0.1) is 5.82 Å². The molecule has 262 valence electrons. The minimum absolute atomic E-state index is 0.0315. The molecule has 0 spiro atoms. The highest BCUT2D eigenvalue weighted by atomic mass is 35.5. The van der Waals surface area contributed by atoms with Gasteiger partial charge in [-0.15, -0.1) is 0 Å². The molecule has 3 aromatic carbocycles. The van der Waals surface area contributed by atoms with Gasteiger partial charge in [0.2, 0.25) is 10.0 Å². The number of hydrogen-bond donors (Lipinski definition) is 1. The summed E-state index contributed by atoms with van der Waals surface area (Å²) in [5, 5.41) is 5.84. The van der Waals surface area contributed by atoms with Crippen LogP contribution in [0.4, 0.5) is 4.39 Å². The summed E-state index contributed by atoms with van der Waals surface area (Å²) in [5.74, 6) is -1.38. The number of thioether (sulfide) groups is 1. The normalized spacial score (nSPS) is 14.7. The second kappa shape index (κ2) is 15.0. The van der Waals surface area contributed by atoms with E-state index < -0.39 is 42.6 Å². The minimum Gasteiger partial charge on any atom is -0.379 e. The number of halogens is 4. The molecule has 0 aliphatic carbocycles. The van der Waals surface area contributed by atoms with E-state index >= 15 is 0 Å². The Hall–Kier alpha value is -2.53. The van der Waals surface area contributed by atoms with E-state index in [4.69, 9.17) is 44.7 Å². The first kappa shape index (κ1) is 37.7. The van der Waals surface area contributed by atoms with Crippen LogP contribution in [0.5, 0.6) is 0 Å². The summed E-state index contributed by atoms with van der Waals surface area (Å²) in [4.78, 5) is 18.8. The topological polar surface area (TPSA) is 142 Å². The summed E-state index contributed by atoms with van der Waals surface area (Å²) in [6.45, 7) is 5.95. The van der Waals surface area contributed by atoms with E-state index in [1.807, 2.05) is 18.7 Å². The average Bonchev–Trinajstić information content (AvgIpc) is 3.46. The standard InChI is InChI=1S/C32H32Cl3FN4O6S3/c1-32(2,21-4-8-29(27(35)13-21)49(37,44)45)30-16-38-31(40(30)22-5-7-28(36)26(34)14-22)47-18-20-3-6-24(15-25(20)33)48(42,43)19-23(41)17-39-9-11-46-12-10-39/h3-8,13-16H,9-12,17-19H2,1-2H3,(H2,37,44,45). The Morgan fingerprint density at radius 2 is 1.69 bits per heavy atom. The highest BCUT2D eigenvalue weighted by Crippen LogP contribution is 2.39. The highest BCUT2D eigenvalue weighted by molar-refractivity contribution is 7.98. The van der Waals surface area contributed by atoms with Gasteiger partial charge in [-0.2, -0.15) is 0 Å².